The van der Waals surface area contributed by atoms with Crippen molar-refractivity contribution in [3.63, 3.8) is 0 Å². The lowest BCUT2D eigenvalue weighted by molar-refractivity contribution is -0.137. The van der Waals surface area contributed by atoms with Crippen molar-refractivity contribution in [2.75, 3.05) is 13.2 Å². The van der Waals surface area contributed by atoms with Gasteiger partial charge in [-0.25, -0.2) is 4.79 Å². The molecule has 1 rings (SSSR count). The van der Waals surface area contributed by atoms with E-state index >= 15 is 0 Å². The van der Waals surface area contributed by atoms with E-state index in [0.717, 1.165) is 6.54 Å². The van der Waals surface area contributed by atoms with E-state index < -0.39 is 0 Å². The summed E-state index contributed by atoms with van der Waals surface area (Å²) in [6.45, 7) is 5.26. The molecule has 0 unspecified atom stereocenters. The van der Waals surface area contributed by atoms with E-state index in [4.69, 9.17) is 4.74 Å². The van der Waals surface area contributed by atoms with Crippen molar-refractivity contribution >= 4 is 5.97 Å². The zero-order valence-electron chi connectivity index (χ0n) is 10.4. The number of ether oxygens (including phenoxy) is 1. The molecule has 1 fully saturated rings. The molecule has 1 aliphatic carbocycles. The molecule has 3 heteroatoms. The fourth-order valence-electron chi connectivity index (χ4n) is 2.16. The highest BCUT2D eigenvalue weighted by molar-refractivity contribution is 5.81. The minimum Gasteiger partial charge on any atom is -0.463 e. The molecule has 1 N–H and O–H groups in total. The molecule has 0 atom stereocenters. The van der Waals surface area contributed by atoms with E-state index in [1.807, 2.05) is 13.0 Å². The van der Waals surface area contributed by atoms with Gasteiger partial charge in [0.2, 0.25) is 0 Å². The van der Waals surface area contributed by atoms with Crippen molar-refractivity contribution in [3.8, 4) is 0 Å². The van der Waals surface area contributed by atoms with Gasteiger partial charge < -0.3 is 10.1 Å². The van der Waals surface area contributed by atoms with Crippen LogP contribution in [-0.2, 0) is 9.53 Å². The summed E-state index contributed by atoms with van der Waals surface area (Å²) >= 11 is 0. The van der Waals surface area contributed by atoms with Gasteiger partial charge in [0.1, 0.15) is 0 Å². The molecule has 16 heavy (non-hydrogen) atoms. The van der Waals surface area contributed by atoms with E-state index in [9.17, 15) is 4.79 Å². The molecule has 0 bridgehead atoms. The Kier molecular flexibility index (Phi) is 5.53. The number of carbonyl (C=O) groups excluding carboxylic acids is 1. The van der Waals surface area contributed by atoms with Crippen LogP contribution in [0.4, 0.5) is 0 Å². The molecule has 0 aromatic rings. The quantitative estimate of drug-likeness (QED) is 0.577. The van der Waals surface area contributed by atoms with Crippen LogP contribution < -0.4 is 5.32 Å². The summed E-state index contributed by atoms with van der Waals surface area (Å²) in [6.07, 6.45) is 9.80. The van der Waals surface area contributed by atoms with Gasteiger partial charge in [-0.15, -0.1) is 0 Å². The summed E-state index contributed by atoms with van der Waals surface area (Å²) in [5.74, 6) is -0.252. The van der Waals surface area contributed by atoms with Crippen molar-refractivity contribution in [1.29, 1.82) is 0 Å². The Labute approximate surface area is 98.2 Å². The average molecular weight is 225 g/mol. The Balaban J connectivity index is 2.21. The fraction of sp³-hybridized carbons (Fsp3) is 0.769. The van der Waals surface area contributed by atoms with Crippen LogP contribution in [-0.4, -0.2) is 24.7 Å². The minimum atomic E-state index is -0.252. The smallest absolute Gasteiger partial charge is 0.330 e. The zero-order valence-corrected chi connectivity index (χ0v) is 10.4. The molecule has 0 aromatic carbocycles. The van der Waals surface area contributed by atoms with Gasteiger partial charge in [0.25, 0.3) is 0 Å². The maximum absolute atomic E-state index is 11.0. The predicted molar refractivity (Wildman–Crippen MR) is 65.3 cm³/mol. The van der Waals surface area contributed by atoms with Gasteiger partial charge in [0.05, 0.1) is 6.61 Å². The lowest BCUT2D eigenvalue weighted by Crippen LogP contribution is -2.43. The predicted octanol–water partition coefficient (Wildman–Crippen LogP) is 2.42. The molecule has 92 valence electrons. The molecule has 3 nitrogen and oxygen atoms in total. The molecular formula is C13H23NO2. The SMILES string of the molecule is CCOC(=O)/C=C/CNC1(C)CCCCC1. The first kappa shape index (κ1) is 13.2. The molecule has 0 aliphatic heterocycles. The third kappa shape index (κ3) is 4.79. The van der Waals surface area contributed by atoms with Gasteiger partial charge >= 0.3 is 5.97 Å². The monoisotopic (exact) mass is 225 g/mol. The van der Waals surface area contributed by atoms with Gasteiger partial charge in [0.15, 0.2) is 0 Å². The highest BCUT2D eigenvalue weighted by Gasteiger charge is 2.24. The Morgan fingerprint density at radius 1 is 1.38 bits per heavy atom. The number of carbonyl (C=O) groups is 1. The maximum Gasteiger partial charge on any atom is 0.330 e. The molecule has 0 amide bonds. The van der Waals surface area contributed by atoms with Crippen LogP contribution in [0.1, 0.15) is 46.0 Å². The summed E-state index contributed by atoms with van der Waals surface area (Å²) in [6, 6.07) is 0. The highest BCUT2D eigenvalue weighted by atomic mass is 16.5. The van der Waals surface area contributed by atoms with Crippen LogP contribution in [0.5, 0.6) is 0 Å². The van der Waals surface area contributed by atoms with E-state index in [1.54, 1.807) is 0 Å². The number of nitrogens with one attached hydrogen (secondary N) is 1. The molecule has 0 spiro atoms. The van der Waals surface area contributed by atoms with Crippen LogP contribution in [0.25, 0.3) is 0 Å². The summed E-state index contributed by atoms with van der Waals surface area (Å²) < 4.78 is 4.81. The maximum atomic E-state index is 11.0. The summed E-state index contributed by atoms with van der Waals surface area (Å²) in [7, 11) is 0. The van der Waals surface area contributed by atoms with Gasteiger partial charge in [-0.05, 0) is 26.7 Å². The molecular weight excluding hydrogens is 202 g/mol. The second kappa shape index (κ2) is 6.69. The second-order valence-electron chi connectivity index (χ2n) is 4.66. The standard InChI is InChI=1S/C13H23NO2/c1-3-16-12(15)8-7-11-14-13(2)9-5-4-6-10-13/h7-8,14H,3-6,9-11H2,1-2H3/b8-7+. The highest BCUT2D eigenvalue weighted by Crippen LogP contribution is 2.27. The summed E-state index contributed by atoms with van der Waals surface area (Å²) in [4.78, 5) is 11.0. The Hall–Kier alpha value is -0.830. The third-order valence-corrected chi connectivity index (χ3v) is 3.14. The van der Waals surface area contributed by atoms with Crippen LogP contribution in [0.15, 0.2) is 12.2 Å². The number of esters is 1. The molecule has 0 heterocycles. The van der Waals surface area contributed by atoms with E-state index in [2.05, 4.69) is 12.2 Å². The van der Waals surface area contributed by atoms with Crippen molar-refractivity contribution < 1.29 is 9.53 Å². The number of rotatable bonds is 5. The Morgan fingerprint density at radius 2 is 2.06 bits per heavy atom. The first-order valence-corrected chi connectivity index (χ1v) is 6.24. The van der Waals surface area contributed by atoms with Gasteiger partial charge in [0, 0.05) is 18.2 Å². The number of hydrogen-bond donors (Lipinski definition) is 1. The fourth-order valence-corrected chi connectivity index (χ4v) is 2.16. The van der Waals surface area contributed by atoms with Crippen LogP contribution in [0, 0.1) is 0 Å². The van der Waals surface area contributed by atoms with Crippen molar-refractivity contribution in [1.82, 2.24) is 5.32 Å². The van der Waals surface area contributed by atoms with E-state index in [0.29, 0.717) is 6.61 Å². The molecule has 0 radical (unpaired) electrons. The lowest BCUT2D eigenvalue weighted by atomic mass is 9.83. The summed E-state index contributed by atoms with van der Waals surface area (Å²) in [5.41, 5.74) is 0.261. The first-order valence-electron chi connectivity index (χ1n) is 6.24. The van der Waals surface area contributed by atoms with Crippen molar-refractivity contribution in [2.24, 2.45) is 0 Å². The Morgan fingerprint density at radius 3 is 2.69 bits per heavy atom. The molecule has 1 aliphatic rings. The minimum absolute atomic E-state index is 0.252. The van der Waals surface area contributed by atoms with Gasteiger partial charge in [-0.2, -0.15) is 0 Å². The van der Waals surface area contributed by atoms with Crippen LogP contribution in [0.2, 0.25) is 0 Å². The summed E-state index contributed by atoms with van der Waals surface area (Å²) in [5, 5.41) is 3.50. The Bertz CT molecular complexity index is 242. The molecule has 0 saturated heterocycles. The van der Waals surface area contributed by atoms with Gasteiger partial charge in [-0.3, -0.25) is 0 Å². The second-order valence-corrected chi connectivity index (χ2v) is 4.66. The van der Waals surface area contributed by atoms with Crippen molar-refractivity contribution in [3.05, 3.63) is 12.2 Å². The van der Waals surface area contributed by atoms with Crippen LogP contribution >= 0.6 is 0 Å². The normalized spacial score (nSPS) is 19.9. The topological polar surface area (TPSA) is 38.3 Å². The van der Waals surface area contributed by atoms with Gasteiger partial charge in [-0.1, -0.05) is 25.3 Å². The lowest BCUT2D eigenvalue weighted by Gasteiger charge is -2.34. The zero-order chi connectivity index (χ0) is 11.9. The van der Waals surface area contributed by atoms with Crippen LogP contribution in [0.3, 0.4) is 0 Å². The third-order valence-electron chi connectivity index (χ3n) is 3.14. The molecule has 0 aromatic heterocycles. The number of hydrogen-bond acceptors (Lipinski definition) is 3. The van der Waals surface area contributed by atoms with E-state index in [1.165, 1.54) is 38.2 Å². The largest absolute Gasteiger partial charge is 0.463 e. The van der Waals surface area contributed by atoms with Crippen molar-refractivity contribution in [2.45, 2.75) is 51.5 Å². The average Bonchev–Trinajstić information content (AvgIpc) is 2.26. The first-order chi connectivity index (χ1) is 7.66. The van der Waals surface area contributed by atoms with E-state index in [-0.39, 0.29) is 11.5 Å². The molecule has 1 saturated carbocycles.